The summed E-state index contributed by atoms with van der Waals surface area (Å²) >= 11 is 0. The highest BCUT2D eigenvalue weighted by Gasteiger charge is 2.46. The van der Waals surface area contributed by atoms with Gasteiger partial charge >= 0.3 is 12.1 Å². The maximum atomic E-state index is 15.5. The van der Waals surface area contributed by atoms with Crippen LogP contribution in [0, 0.1) is 24.6 Å². The largest absolute Gasteiger partial charge is 0.458 e. The van der Waals surface area contributed by atoms with Gasteiger partial charge in [0.05, 0.1) is 108 Å². The molecule has 0 saturated carbocycles. The highest BCUT2D eigenvalue weighted by atomic mass is 19.1. The molecule has 454 valence electrons. The lowest BCUT2D eigenvalue weighted by molar-refractivity contribution is -0.172. The number of anilines is 1. The number of halogens is 1. The summed E-state index contributed by atoms with van der Waals surface area (Å²) in [4.78, 5) is 86.0. The third-order valence-electron chi connectivity index (χ3n) is 15.0. The lowest BCUT2D eigenvalue weighted by Crippen LogP contribution is -2.54. The first-order valence-electron chi connectivity index (χ1n) is 28.9. The Kier molecular flexibility index (Phi) is 23.9. The van der Waals surface area contributed by atoms with E-state index in [1.54, 1.807) is 45.9 Å². The first kappa shape index (κ1) is 64.1. The van der Waals surface area contributed by atoms with Crippen LogP contribution >= 0.6 is 0 Å². The number of hydrogen-bond acceptors (Lipinski definition) is 17. The predicted molar refractivity (Wildman–Crippen MR) is 305 cm³/mol. The minimum Gasteiger partial charge on any atom is -0.458 e. The number of cyclic esters (lactones) is 1. The summed E-state index contributed by atoms with van der Waals surface area (Å²) in [6, 6.07) is 6.44. The fourth-order valence-corrected chi connectivity index (χ4v) is 10.3. The van der Waals surface area contributed by atoms with Gasteiger partial charge in [0.15, 0.2) is 5.60 Å². The number of pyridine rings is 2. The fourth-order valence-electron chi connectivity index (χ4n) is 10.3. The number of aromatic nitrogens is 2. The van der Waals surface area contributed by atoms with E-state index in [0.717, 1.165) is 18.6 Å². The van der Waals surface area contributed by atoms with Crippen molar-refractivity contribution in [1.82, 2.24) is 25.5 Å². The number of nitrogens with one attached hydrogen (secondary N) is 4. The molecular weight excluding hydrogens is 1080 g/mol. The Labute approximate surface area is 483 Å². The van der Waals surface area contributed by atoms with Gasteiger partial charge in [0.1, 0.15) is 30.3 Å². The highest BCUT2D eigenvalue weighted by Crippen LogP contribution is 2.46. The van der Waals surface area contributed by atoms with Crippen LogP contribution in [0.3, 0.4) is 0 Å². The van der Waals surface area contributed by atoms with Crippen molar-refractivity contribution in [2.45, 2.75) is 130 Å². The number of amides is 4. The van der Waals surface area contributed by atoms with Crippen molar-refractivity contribution in [2.24, 2.45) is 17.6 Å². The Bertz CT molecular complexity index is 2960. The lowest BCUT2D eigenvalue weighted by atomic mass is 9.81. The number of esters is 1. The maximum Gasteiger partial charge on any atom is 0.413 e. The van der Waals surface area contributed by atoms with Crippen LogP contribution < -0.4 is 37.3 Å². The van der Waals surface area contributed by atoms with E-state index in [4.69, 9.17) is 48.6 Å². The molecule has 0 spiro atoms. The van der Waals surface area contributed by atoms with E-state index >= 15 is 4.39 Å². The van der Waals surface area contributed by atoms with Crippen molar-refractivity contribution in [1.29, 1.82) is 0 Å². The van der Waals surface area contributed by atoms with Crippen molar-refractivity contribution in [3.8, 4) is 17.1 Å². The molecule has 4 atom stereocenters. The predicted octanol–water partition coefficient (Wildman–Crippen LogP) is 5.53. The number of aliphatic hydroxyl groups is 1. The second-order valence-electron chi connectivity index (χ2n) is 21.7. The Balaban J connectivity index is 0.864. The monoisotopic (exact) mass is 1160 g/mol. The van der Waals surface area contributed by atoms with Crippen LogP contribution in [-0.4, -0.2) is 142 Å². The molecule has 23 heteroatoms. The van der Waals surface area contributed by atoms with Crippen molar-refractivity contribution in [3.05, 3.63) is 85.9 Å². The highest BCUT2D eigenvalue weighted by molar-refractivity contribution is 5.99. The SMILES string of the molecule is CC[C@@]1(O)C(=O)OCc2c1cc1n(c2=O)Cc2c-1nc1cc(F)c(C)c3c1c2[C@@H](NC(=O)Oc1ccc(NC(=O)[C@H](CCCCN)NC(=O)[C@@H](NC(=O)CCOCCOCCOCCOCCOCCOCCC(C)C)C(C)C)cc1)CC3. The molecule has 0 fully saturated rings. The summed E-state index contributed by atoms with van der Waals surface area (Å²) in [6.45, 7) is 16.5. The number of carbonyl (C=O) groups is 5. The summed E-state index contributed by atoms with van der Waals surface area (Å²) in [5, 5.41) is 23.5. The van der Waals surface area contributed by atoms with Gasteiger partial charge in [0, 0.05) is 41.3 Å². The van der Waals surface area contributed by atoms with Crippen LogP contribution in [0.4, 0.5) is 14.9 Å². The molecule has 2 aliphatic heterocycles. The van der Waals surface area contributed by atoms with Gasteiger partial charge in [-0.25, -0.2) is 19.0 Å². The summed E-state index contributed by atoms with van der Waals surface area (Å²) < 4.78 is 61.1. The van der Waals surface area contributed by atoms with Crippen molar-refractivity contribution < 1.29 is 71.4 Å². The number of benzene rings is 2. The molecule has 2 aromatic heterocycles. The minimum absolute atomic E-state index is 0.000365. The number of ether oxygens (including phenoxy) is 8. The second kappa shape index (κ2) is 30.9. The Hall–Kier alpha value is -6.44. The van der Waals surface area contributed by atoms with E-state index in [-0.39, 0.29) is 68.4 Å². The van der Waals surface area contributed by atoms with Crippen LogP contribution in [0.1, 0.15) is 119 Å². The first-order chi connectivity index (χ1) is 39.9. The zero-order valence-corrected chi connectivity index (χ0v) is 48.6. The third kappa shape index (κ3) is 16.7. The van der Waals surface area contributed by atoms with E-state index < -0.39 is 64.9 Å². The van der Waals surface area contributed by atoms with Crippen LogP contribution in [0.2, 0.25) is 0 Å². The standard InChI is InChI=1S/C60H82FN7O15/c1-7-60(75)44-32-49-54-42(34-68(49)57(72)43(44)35-82-58(60)73)52-46(16-15-41-38(6)45(61)33-48(64-54)51(41)52)66-59(74)83-40-13-11-39(12-14-40)63-55(70)47(10-8-9-19-62)65-56(71)53(37(4)5)67-50(69)18-21-77-23-25-79-27-29-81-31-30-80-28-26-78-24-22-76-20-17-36(2)3/h11-14,32-33,36-37,46-47,53,75H,7-10,15-31,34-35,62H2,1-6H3,(H,63,70)(H,65,71)(H,66,74)(H,67,69)/t46-,47-,53-,60-/m0/s1. The molecule has 3 aliphatic rings. The molecule has 7 N–H and O–H groups in total. The van der Waals surface area contributed by atoms with E-state index in [0.29, 0.717) is 142 Å². The molecule has 22 nitrogen and oxygen atoms in total. The van der Waals surface area contributed by atoms with Crippen LogP contribution in [0.15, 0.2) is 41.2 Å². The number of aryl methyl sites for hydroxylation is 1. The number of hydrogen-bond donors (Lipinski definition) is 6. The molecule has 7 rings (SSSR count). The average Bonchev–Trinajstić information content (AvgIpc) is 3.86. The quantitative estimate of drug-likeness (QED) is 0.0218. The van der Waals surface area contributed by atoms with Crippen molar-refractivity contribution in [3.63, 3.8) is 0 Å². The average molecular weight is 1160 g/mol. The van der Waals surface area contributed by atoms with Gasteiger partial charge in [-0.05, 0) is 117 Å². The molecular formula is C60H82FN7O15. The molecule has 83 heavy (non-hydrogen) atoms. The lowest BCUT2D eigenvalue weighted by Gasteiger charge is -2.31. The summed E-state index contributed by atoms with van der Waals surface area (Å²) in [5.74, 6) is -2.28. The van der Waals surface area contributed by atoms with E-state index in [1.807, 2.05) is 0 Å². The topological polar surface area (TPSA) is 288 Å². The molecule has 4 amide bonds. The van der Waals surface area contributed by atoms with Crippen molar-refractivity contribution >= 4 is 46.4 Å². The number of fused-ring (bicyclic) bond motifs is 5. The molecule has 4 aromatic rings. The van der Waals surface area contributed by atoms with E-state index in [1.165, 1.54) is 22.8 Å². The zero-order valence-electron chi connectivity index (χ0n) is 48.6. The van der Waals surface area contributed by atoms with E-state index in [9.17, 15) is 33.9 Å². The number of rotatable bonds is 34. The number of unbranched alkanes of at least 4 members (excludes halogenated alkanes) is 1. The number of nitrogens with two attached hydrogens (primary N) is 1. The third-order valence-corrected chi connectivity index (χ3v) is 15.0. The Morgan fingerprint density at radius 3 is 2.05 bits per heavy atom. The van der Waals surface area contributed by atoms with Crippen LogP contribution in [0.5, 0.6) is 5.75 Å². The smallest absolute Gasteiger partial charge is 0.413 e. The second-order valence-corrected chi connectivity index (χ2v) is 21.7. The van der Waals surface area contributed by atoms with Gasteiger partial charge in [-0.1, -0.05) is 34.6 Å². The van der Waals surface area contributed by atoms with Crippen LogP contribution in [-0.2, 0) is 77.5 Å². The normalized spacial score (nSPS) is 16.7. The molecule has 2 aromatic carbocycles. The number of nitrogens with zero attached hydrogens (tertiary/aromatic N) is 2. The minimum atomic E-state index is -2.04. The van der Waals surface area contributed by atoms with Gasteiger partial charge < -0.3 is 74.6 Å². The zero-order chi connectivity index (χ0) is 59.6. The molecule has 4 heterocycles. The van der Waals surface area contributed by atoms with Crippen molar-refractivity contribution in [2.75, 3.05) is 91.1 Å². The van der Waals surface area contributed by atoms with Gasteiger partial charge in [-0.15, -0.1) is 0 Å². The molecule has 0 saturated heterocycles. The fraction of sp³-hybridized carbons (Fsp3) is 0.583. The molecule has 0 unspecified atom stereocenters. The molecule has 0 radical (unpaired) electrons. The van der Waals surface area contributed by atoms with Gasteiger partial charge in [-0.2, -0.15) is 0 Å². The molecule has 0 bridgehead atoms. The van der Waals surface area contributed by atoms with Gasteiger partial charge in [0.25, 0.3) is 5.56 Å². The summed E-state index contributed by atoms with van der Waals surface area (Å²) in [5.41, 5.74) is 7.44. The summed E-state index contributed by atoms with van der Waals surface area (Å²) in [7, 11) is 0. The van der Waals surface area contributed by atoms with Gasteiger partial charge in [-0.3, -0.25) is 19.2 Å². The van der Waals surface area contributed by atoms with E-state index in [2.05, 4.69) is 35.1 Å². The maximum absolute atomic E-state index is 15.5. The Morgan fingerprint density at radius 2 is 1.45 bits per heavy atom. The number of carbonyl (C=O) groups excluding carboxylic acids is 5. The van der Waals surface area contributed by atoms with Gasteiger partial charge in [0.2, 0.25) is 17.7 Å². The van der Waals surface area contributed by atoms with Crippen LogP contribution in [0.25, 0.3) is 22.3 Å². The molecule has 1 aliphatic carbocycles. The first-order valence-corrected chi connectivity index (χ1v) is 28.9. The Morgan fingerprint density at radius 1 is 0.819 bits per heavy atom. The summed E-state index contributed by atoms with van der Waals surface area (Å²) in [6.07, 6.45) is 2.40.